The fraction of sp³-hybridized carbons (Fsp3) is 0.750. The molecule has 6 nitrogen and oxygen atoms in total. The zero-order valence-electron chi connectivity index (χ0n) is 11.1. The quantitative estimate of drug-likeness (QED) is 0.858. The molecule has 2 rings (SSSR count). The Morgan fingerprint density at radius 2 is 2.00 bits per heavy atom. The van der Waals surface area contributed by atoms with Crippen molar-refractivity contribution in [2.24, 2.45) is 0 Å². The summed E-state index contributed by atoms with van der Waals surface area (Å²) >= 11 is 5.95. The molecule has 106 valence electrons. The van der Waals surface area contributed by atoms with E-state index in [0.717, 1.165) is 32.4 Å². The minimum atomic E-state index is -0.0623. The van der Waals surface area contributed by atoms with Gasteiger partial charge in [-0.05, 0) is 37.3 Å². The summed E-state index contributed by atoms with van der Waals surface area (Å²) in [7, 11) is 0. The summed E-state index contributed by atoms with van der Waals surface area (Å²) in [5.41, 5.74) is 0. The normalized spacial score (nSPS) is 17.3. The summed E-state index contributed by atoms with van der Waals surface area (Å²) in [5.74, 6) is 1.05. The summed E-state index contributed by atoms with van der Waals surface area (Å²) in [5, 5.41) is 12.5. The topological polar surface area (TPSA) is 74.2 Å². The van der Waals surface area contributed by atoms with Gasteiger partial charge < -0.3 is 15.3 Å². The van der Waals surface area contributed by atoms with Crippen LogP contribution in [-0.4, -0.2) is 45.8 Å². The van der Waals surface area contributed by atoms with Gasteiger partial charge >= 0.3 is 0 Å². The van der Waals surface area contributed by atoms with Gasteiger partial charge in [0.15, 0.2) is 0 Å². The molecule has 0 radical (unpaired) electrons. The molecule has 7 heteroatoms. The molecule has 0 amide bonds. The Bertz CT molecular complexity index is 407. The molecule has 0 spiro atoms. The first-order valence-electron chi connectivity index (χ1n) is 6.77. The number of hydrogen-bond donors (Lipinski definition) is 2. The molecule has 0 aliphatic carbocycles. The molecule has 1 fully saturated rings. The van der Waals surface area contributed by atoms with E-state index < -0.39 is 0 Å². The third-order valence-electron chi connectivity index (χ3n) is 3.28. The van der Waals surface area contributed by atoms with Crippen LogP contribution < -0.4 is 10.2 Å². The molecule has 0 saturated carbocycles. The van der Waals surface area contributed by atoms with Gasteiger partial charge in [0.2, 0.25) is 17.2 Å². The molecule has 1 saturated heterocycles. The van der Waals surface area contributed by atoms with Gasteiger partial charge in [0, 0.05) is 13.1 Å². The molecule has 2 heterocycles. The van der Waals surface area contributed by atoms with Crippen molar-refractivity contribution in [1.29, 1.82) is 0 Å². The van der Waals surface area contributed by atoms with Crippen molar-refractivity contribution in [3.8, 4) is 0 Å². The summed E-state index contributed by atoms with van der Waals surface area (Å²) in [6.07, 6.45) is 4.35. The van der Waals surface area contributed by atoms with Gasteiger partial charge in [0.25, 0.3) is 0 Å². The van der Waals surface area contributed by atoms with Gasteiger partial charge in [0.1, 0.15) is 0 Å². The number of rotatable bonds is 5. The Balaban J connectivity index is 2.13. The number of aliphatic hydroxyl groups is 1. The molecule has 1 aromatic heterocycles. The largest absolute Gasteiger partial charge is 0.394 e. The first-order chi connectivity index (χ1) is 9.22. The predicted octanol–water partition coefficient (Wildman–Crippen LogP) is 1.70. The van der Waals surface area contributed by atoms with E-state index in [2.05, 4.69) is 25.2 Å². The number of aliphatic hydroxyl groups excluding tert-OH is 1. The van der Waals surface area contributed by atoms with Crippen LogP contribution in [-0.2, 0) is 0 Å². The fourth-order valence-electron chi connectivity index (χ4n) is 2.10. The number of nitrogens with one attached hydrogen (secondary N) is 1. The van der Waals surface area contributed by atoms with Gasteiger partial charge in [-0.15, -0.1) is 0 Å². The Labute approximate surface area is 118 Å². The first-order valence-corrected chi connectivity index (χ1v) is 7.14. The van der Waals surface area contributed by atoms with Crippen LogP contribution in [0.1, 0.15) is 32.6 Å². The lowest BCUT2D eigenvalue weighted by Gasteiger charge is -2.27. The molecular formula is C12H20ClN5O. The molecule has 0 aromatic carbocycles. The maximum atomic E-state index is 9.20. The number of nitrogens with zero attached hydrogens (tertiary/aromatic N) is 4. The highest BCUT2D eigenvalue weighted by Crippen LogP contribution is 2.18. The molecule has 2 N–H and O–H groups in total. The summed E-state index contributed by atoms with van der Waals surface area (Å²) < 4.78 is 0. The van der Waals surface area contributed by atoms with Crippen LogP contribution in [0.15, 0.2) is 0 Å². The van der Waals surface area contributed by atoms with Crippen LogP contribution in [0.4, 0.5) is 11.9 Å². The molecule has 1 atom stereocenters. The van der Waals surface area contributed by atoms with Crippen molar-refractivity contribution >= 4 is 23.5 Å². The van der Waals surface area contributed by atoms with E-state index in [1.54, 1.807) is 0 Å². The summed E-state index contributed by atoms with van der Waals surface area (Å²) in [6.45, 7) is 3.94. The third-order valence-corrected chi connectivity index (χ3v) is 3.45. The van der Waals surface area contributed by atoms with Crippen molar-refractivity contribution < 1.29 is 5.11 Å². The molecule has 1 aliphatic rings. The SMILES string of the molecule is CCC(CO)Nc1nc(Cl)nc(N2CCCCC2)n1. The average molecular weight is 286 g/mol. The lowest BCUT2D eigenvalue weighted by Crippen LogP contribution is -2.32. The van der Waals surface area contributed by atoms with Crippen LogP contribution >= 0.6 is 11.6 Å². The highest BCUT2D eigenvalue weighted by Gasteiger charge is 2.16. The Kier molecular flexibility index (Phi) is 5.15. The van der Waals surface area contributed by atoms with E-state index in [-0.39, 0.29) is 17.9 Å². The second kappa shape index (κ2) is 6.86. The monoisotopic (exact) mass is 285 g/mol. The zero-order chi connectivity index (χ0) is 13.7. The van der Waals surface area contributed by atoms with Gasteiger partial charge in [-0.2, -0.15) is 15.0 Å². The maximum absolute atomic E-state index is 9.20. The third kappa shape index (κ3) is 3.91. The molecule has 0 bridgehead atoms. The van der Waals surface area contributed by atoms with Crippen molar-refractivity contribution in [3.63, 3.8) is 0 Å². The van der Waals surface area contributed by atoms with Crippen LogP contribution in [0.25, 0.3) is 0 Å². The number of anilines is 2. The summed E-state index contributed by atoms with van der Waals surface area (Å²) in [4.78, 5) is 14.8. The number of piperidine rings is 1. The fourth-order valence-corrected chi connectivity index (χ4v) is 2.25. The maximum Gasteiger partial charge on any atom is 0.231 e. The molecular weight excluding hydrogens is 266 g/mol. The lowest BCUT2D eigenvalue weighted by atomic mass is 10.1. The van der Waals surface area contributed by atoms with E-state index >= 15 is 0 Å². The first kappa shape index (κ1) is 14.3. The van der Waals surface area contributed by atoms with Crippen LogP contribution in [0, 0.1) is 0 Å². The lowest BCUT2D eigenvalue weighted by molar-refractivity contribution is 0.271. The van der Waals surface area contributed by atoms with Crippen molar-refractivity contribution in [2.75, 3.05) is 29.9 Å². The highest BCUT2D eigenvalue weighted by molar-refractivity contribution is 6.28. The van der Waals surface area contributed by atoms with Gasteiger partial charge in [0.05, 0.1) is 12.6 Å². The zero-order valence-corrected chi connectivity index (χ0v) is 11.9. The van der Waals surface area contributed by atoms with E-state index in [1.807, 2.05) is 6.92 Å². The smallest absolute Gasteiger partial charge is 0.231 e. The number of hydrogen-bond acceptors (Lipinski definition) is 6. The second-order valence-corrected chi connectivity index (χ2v) is 5.05. The van der Waals surface area contributed by atoms with Crippen molar-refractivity contribution in [2.45, 2.75) is 38.6 Å². The number of halogens is 1. The van der Waals surface area contributed by atoms with Crippen LogP contribution in [0.2, 0.25) is 5.28 Å². The van der Waals surface area contributed by atoms with Crippen molar-refractivity contribution in [3.05, 3.63) is 5.28 Å². The minimum Gasteiger partial charge on any atom is -0.394 e. The standard InChI is InChI=1S/C12H20ClN5O/c1-2-9(8-19)14-11-15-10(13)16-12(17-11)18-6-4-3-5-7-18/h9,19H,2-8H2,1H3,(H,14,15,16,17). The Hall–Kier alpha value is -1.14. The van der Waals surface area contributed by atoms with Gasteiger partial charge in [-0.1, -0.05) is 6.92 Å². The van der Waals surface area contributed by atoms with E-state index in [1.165, 1.54) is 6.42 Å². The highest BCUT2D eigenvalue weighted by atomic mass is 35.5. The summed E-state index contributed by atoms with van der Waals surface area (Å²) in [6, 6.07) is -0.0623. The molecule has 1 unspecified atom stereocenters. The second-order valence-electron chi connectivity index (χ2n) is 4.71. The minimum absolute atomic E-state index is 0.0405. The van der Waals surface area contributed by atoms with E-state index in [4.69, 9.17) is 11.6 Å². The van der Waals surface area contributed by atoms with Crippen LogP contribution in [0.5, 0.6) is 0 Å². The average Bonchev–Trinajstić information content (AvgIpc) is 2.45. The van der Waals surface area contributed by atoms with Gasteiger partial charge in [-0.3, -0.25) is 0 Å². The van der Waals surface area contributed by atoms with Crippen LogP contribution in [0.3, 0.4) is 0 Å². The molecule has 19 heavy (non-hydrogen) atoms. The predicted molar refractivity (Wildman–Crippen MR) is 75.7 cm³/mol. The Morgan fingerprint density at radius 1 is 1.26 bits per heavy atom. The van der Waals surface area contributed by atoms with Crippen molar-refractivity contribution in [1.82, 2.24) is 15.0 Å². The Morgan fingerprint density at radius 3 is 2.63 bits per heavy atom. The van der Waals surface area contributed by atoms with Gasteiger partial charge in [-0.25, -0.2) is 0 Å². The number of aromatic nitrogens is 3. The molecule has 1 aliphatic heterocycles. The van der Waals surface area contributed by atoms with E-state index in [9.17, 15) is 5.11 Å². The molecule has 1 aromatic rings. The van der Waals surface area contributed by atoms with E-state index in [0.29, 0.717) is 11.9 Å².